The molecule has 0 aliphatic rings. The summed E-state index contributed by atoms with van der Waals surface area (Å²) in [5.41, 5.74) is 1.16. The average Bonchev–Trinajstić information content (AvgIpc) is 2.65. The van der Waals surface area contributed by atoms with Gasteiger partial charge in [-0.05, 0) is 66.9 Å². The minimum Gasteiger partial charge on any atom is -0.0985 e. The molecule has 0 saturated heterocycles. The Hall–Kier alpha value is -3.12. The molecule has 0 amide bonds. The zero-order chi connectivity index (χ0) is 16.1. The van der Waals surface area contributed by atoms with Crippen LogP contribution in [0.2, 0.25) is 0 Å². The van der Waals surface area contributed by atoms with Gasteiger partial charge < -0.3 is 0 Å². The fraction of sp³-hybridized carbons (Fsp3) is 0. The van der Waals surface area contributed by atoms with Crippen LogP contribution in [0.15, 0.2) is 85.4 Å². The summed E-state index contributed by atoms with van der Waals surface area (Å²) in [4.78, 5) is 0. The molecule has 5 rings (SSSR count). The van der Waals surface area contributed by atoms with Crippen molar-refractivity contribution >= 4 is 49.2 Å². The van der Waals surface area contributed by atoms with Crippen molar-refractivity contribution in [3.05, 3.63) is 91.0 Å². The van der Waals surface area contributed by atoms with Gasteiger partial charge in [-0.1, -0.05) is 73.3 Å². The number of hydrogen-bond donors (Lipinski definition) is 0. The molecule has 0 spiro atoms. The fourth-order valence-corrected chi connectivity index (χ4v) is 3.70. The van der Waals surface area contributed by atoms with E-state index in [-0.39, 0.29) is 0 Å². The minimum atomic E-state index is 1.16. The first-order valence-corrected chi connectivity index (χ1v) is 8.24. The van der Waals surface area contributed by atoms with Gasteiger partial charge in [-0.15, -0.1) is 0 Å². The SMILES string of the molecule is C=Cc1ccc2ccc3c4cc5ccccc5cc4ccc3c2c1. The molecule has 0 atom stereocenters. The summed E-state index contributed by atoms with van der Waals surface area (Å²) < 4.78 is 0. The molecule has 0 heterocycles. The first-order valence-electron chi connectivity index (χ1n) is 8.24. The van der Waals surface area contributed by atoms with Crippen LogP contribution in [0.4, 0.5) is 0 Å². The average molecular weight is 304 g/mol. The first kappa shape index (κ1) is 13.3. The van der Waals surface area contributed by atoms with E-state index >= 15 is 0 Å². The van der Waals surface area contributed by atoms with Crippen molar-refractivity contribution in [1.82, 2.24) is 0 Å². The van der Waals surface area contributed by atoms with Gasteiger partial charge in [0.2, 0.25) is 0 Å². The Morgan fingerprint density at radius 3 is 1.88 bits per heavy atom. The molecule has 112 valence electrons. The summed E-state index contributed by atoms with van der Waals surface area (Å²) in [5, 5.41) is 10.4. The maximum Gasteiger partial charge on any atom is -0.00987 e. The van der Waals surface area contributed by atoms with E-state index in [2.05, 4.69) is 85.4 Å². The second kappa shape index (κ2) is 4.94. The highest BCUT2D eigenvalue weighted by Crippen LogP contribution is 2.33. The molecule has 0 aliphatic carbocycles. The van der Waals surface area contributed by atoms with Crippen molar-refractivity contribution in [2.45, 2.75) is 0 Å². The molecule has 5 aromatic carbocycles. The van der Waals surface area contributed by atoms with E-state index in [9.17, 15) is 0 Å². The van der Waals surface area contributed by atoms with Gasteiger partial charge in [0.25, 0.3) is 0 Å². The van der Waals surface area contributed by atoms with Crippen molar-refractivity contribution in [3.8, 4) is 0 Å². The molecule has 0 bridgehead atoms. The smallest absolute Gasteiger partial charge is 0.00987 e. The van der Waals surface area contributed by atoms with Gasteiger partial charge in [0.05, 0.1) is 0 Å². The molecular formula is C24H16. The molecule has 0 heteroatoms. The third-order valence-corrected chi connectivity index (χ3v) is 4.96. The van der Waals surface area contributed by atoms with Gasteiger partial charge in [-0.2, -0.15) is 0 Å². The van der Waals surface area contributed by atoms with Crippen LogP contribution in [0.1, 0.15) is 5.56 Å². The summed E-state index contributed by atoms with van der Waals surface area (Å²) in [6.07, 6.45) is 1.91. The lowest BCUT2D eigenvalue weighted by molar-refractivity contribution is 1.74. The predicted octanol–water partition coefficient (Wildman–Crippen LogP) is 6.94. The van der Waals surface area contributed by atoms with E-state index in [4.69, 9.17) is 0 Å². The lowest BCUT2D eigenvalue weighted by Crippen LogP contribution is -1.83. The number of benzene rings is 5. The van der Waals surface area contributed by atoms with Crippen LogP contribution in [0.3, 0.4) is 0 Å². The molecule has 0 nitrogen and oxygen atoms in total. The summed E-state index contributed by atoms with van der Waals surface area (Å²) in [6.45, 7) is 3.90. The van der Waals surface area contributed by atoms with E-state index < -0.39 is 0 Å². The van der Waals surface area contributed by atoms with Crippen LogP contribution in [-0.4, -0.2) is 0 Å². The third kappa shape index (κ3) is 1.87. The Labute approximate surface area is 140 Å². The van der Waals surface area contributed by atoms with E-state index in [1.54, 1.807) is 0 Å². The van der Waals surface area contributed by atoms with Gasteiger partial charge in [-0.25, -0.2) is 0 Å². The maximum atomic E-state index is 3.90. The molecule has 0 aromatic heterocycles. The molecule has 5 aromatic rings. The molecule has 24 heavy (non-hydrogen) atoms. The van der Waals surface area contributed by atoms with Crippen LogP contribution in [0.5, 0.6) is 0 Å². The van der Waals surface area contributed by atoms with E-state index in [0.29, 0.717) is 0 Å². The van der Waals surface area contributed by atoms with Gasteiger partial charge >= 0.3 is 0 Å². The topological polar surface area (TPSA) is 0 Å². The second-order valence-corrected chi connectivity index (χ2v) is 6.33. The monoisotopic (exact) mass is 304 g/mol. The maximum absolute atomic E-state index is 3.90. The van der Waals surface area contributed by atoms with Gasteiger partial charge in [0.15, 0.2) is 0 Å². The molecule has 0 radical (unpaired) electrons. The first-order chi connectivity index (χ1) is 11.8. The zero-order valence-electron chi connectivity index (χ0n) is 13.3. The molecule has 0 fully saturated rings. The van der Waals surface area contributed by atoms with Gasteiger partial charge in [-0.3, -0.25) is 0 Å². The Balaban J connectivity index is 1.97. The normalized spacial score (nSPS) is 11.5. The van der Waals surface area contributed by atoms with Crippen molar-refractivity contribution < 1.29 is 0 Å². The molecule has 0 N–H and O–H groups in total. The van der Waals surface area contributed by atoms with Crippen LogP contribution >= 0.6 is 0 Å². The highest BCUT2D eigenvalue weighted by molar-refractivity contribution is 6.19. The van der Waals surface area contributed by atoms with Gasteiger partial charge in [0, 0.05) is 0 Å². The highest BCUT2D eigenvalue weighted by Gasteiger charge is 2.06. The predicted molar refractivity (Wildman–Crippen MR) is 107 cm³/mol. The number of hydrogen-bond acceptors (Lipinski definition) is 0. The fourth-order valence-electron chi connectivity index (χ4n) is 3.70. The second-order valence-electron chi connectivity index (χ2n) is 6.33. The highest BCUT2D eigenvalue weighted by atomic mass is 14.1. The van der Waals surface area contributed by atoms with E-state index in [1.165, 1.54) is 43.1 Å². The minimum absolute atomic E-state index is 1.16. The Morgan fingerprint density at radius 1 is 0.500 bits per heavy atom. The molecule has 0 aliphatic heterocycles. The van der Waals surface area contributed by atoms with Crippen LogP contribution in [0.25, 0.3) is 49.2 Å². The number of fused-ring (bicyclic) bond motifs is 6. The van der Waals surface area contributed by atoms with E-state index in [0.717, 1.165) is 5.56 Å². The quantitative estimate of drug-likeness (QED) is 0.232. The Bertz CT molecular complexity index is 1260. The zero-order valence-corrected chi connectivity index (χ0v) is 13.3. The largest absolute Gasteiger partial charge is 0.0985 e. The molecule has 0 saturated carbocycles. The molecule has 0 unspecified atom stereocenters. The Kier molecular flexibility index (Phi) is 2.74. The Morgan fingerprint density at radius 2 is 1.12 bits per heavy atom. The van der Waals surface area contributed by atoms with Crippen molar-refractivity contribution in [1.29, 1.82) is 0 Å². The summed E-state index contributed by atoms with van der Waals surface area (Å²) >= 11 is 0. The van der Waals surface area contributed by atoms with Crippen molar-refractivity contribution in [2.24, 2.45) is 0 Å². The van der Waals surface area contributed by atoms with Crippen LogP contribution in [-0.2, 0) is 0 Å². The van der Waals surface area contributed by atoms with Crippen LogP contribution < -0.4 is 0 Å². The number of rotatable bonds is 1. The van der Waals surface area contributed by atoms with Crippen molar-refractivity contribution in [3.63, 3.8) is 0 Å². The van der Waals surface area contributed by atoms with Gasteiger partial charge in [0.1, 0.15) is 0 Å². The standard InChI is InChI=1S/C24H16/c1-2-16-7-8-17-9-11-22-21(23(17)13-16)12-10-20-14-18-5-3-4-6-19(18)15-24(20)22/h2-15H,1H2. The van der Waals surface area contributed by atoms with Crippen molar-refractivity contribution in [2.75, 3.05) is 0 Å². The molecular weight excluding hydrogens is 288 g/mol. The lowest BCUT2D eigenvalue weighted by atomic mass is 9.94. The lowest BCUT2D eigenvalue weighted by Gasteiger charge is -2.09. The van der Waals surface area contributed by atoms with Crippen LogP contribution in [0, 0.1) is 0 Å². The summed E-state index contributed by atoms with van der Waals surface area (Å²) in [7, 11) is 0. The summed E-state index contributed by atoms with van der Waals surface area (Å²) in [6, 6.07) is 28.7. The summed E-state index contributed by atoms with van der Waals surface area (Å²) in [5.74, 6) is 0. The van der Waals surface area contributed by atoms with E-state index in [1.807, 2.05) is 6.08 Å². The third-order valence-electron chi connectivity index (χ3n) is 4.96.